The predicted molar refractivity (Wildman–Crippen MR) is 104 cm³/mol. The lowest BCUT2D eigenvalue weighted by Gasteiger charge is -2.18. The third-order valence-corrected chi connectivity index (χ3v) is 5.84. The number of carbonyl (C=O) groups excluding carboxylic acids is 2. The van der Waals surface area contributed by atoms with Crippen molar-refractivity contribution >= 4 is 28.2 Å². The Morgan fingerprint density at radius 3 is 2.85 bits per heavy atom. The van der Waals surface area contributed by atoms with Gasteiger partial charge in [-0.15, -0.1) is 11.3 Å². The fourth-order valence-corrected chi connectivity index (χ4v) is 4.68. The molecule has 138 valence electrons. The molecule has 2 amide bonds. The van der Waals surface area contributed by atoms with Gasteiger partial charge in [0.25, 0.3) is 11.8 Å². The minimum atomic E-state index is -0.685. The second-order valence-corrected chi connectivity index (χ2v) is 8.09. The molecule has 1 aromatic heterocycles. The van der Waals surface area contributed by atoms with Crippen LogP contribution in [-0.2, 0) is 17.6 Å². The van der Waals surface area contributed by atoms with E-state index in [9.17, 15) is 9.59 Å². The van der Waals surface area contributed by atoms with E-state index in [1.165, 1.54) is 11.3 Å². The monoisotopic (exact) mass is 372 g/mol. The van der Waals surface area contributed by atoms with E-state index in [0.29, 0.717) is 22.2 Å². The molecule has 3 N–H and O–H groups in total. The van der Waals surface area contributed by atoms with Gasteiger partial charge in [0.15, 0.2) is 6.10 Å². The first-order valence-corrected chi connectivity index (χ1v) is 9.65. The molecule has 0 unspecified atom stereocenters. The van der Waals surface area contributed by atoms with Gasteiger partial charge in [-0.2, -0.15) is 0 Å². The van der Waals surface area contributed by atoms with Crippen LogP contribution in [0, 0.1) is 12.8 Å². The molecule has 0 fully saturated rings. The Kier molecular flexibility index (Phi) is 5.32. The molecule has 0 bridgehead atoms. The summed E-state index contributed by atoms with van der Waals surface area (Å²) in [5.74, 6) is 0.441. The van der Waals surface area contributed by atoms with Crippen LogP contribution in [0.2, 0.25) is 0 Å². The van der Waals surface area contributed by atoms with Crippen molar-refractivity contribution in [2.75, 3.05) is 5.32 Å². The van der Waals surface area contributed by atoms with E-state index in [4.69, 9.17) is 10.5 Å². The van der Waals surface area contributed by atoms with Crippen LogP contribution in [0.25, 0.3) is 0 Å². The van der Waals surface area contributed by atoms with Gasteiger partial charge in [0.05, 0.1) is 5.56 Å². The number of thiophene rings is 1. The molecule has 2 aromatic rings. The van der Waals surface area contributed by atoms with Crippen LogP contribution in [0.3, 0.4) is 0 Å². The van der Waals surface area contributed by atoms with Crippen molar-refractivity contribution in [3.8, 4) is 5.75 Å². The molecule has 1 aromatic carbocycles. The average molecular weight is 372 g/mol. The number of nitrogens with one attached hydrogen (secondary N) is 1. The van der Waals surface area contributed by atoms with Crippen molar-refractivity contribution in [3.05, 3.63) is 45.8 Å². The number of aryl methyl sites for hydroxylation is 1. The fraction of sp³-hybridized carbons (Fsp3) is 0.400. The zero-order valence-electron chi connectivity index (χ0n) is 15.3. The molecule has 0 saturated carbocycles. The van der Waals surface area contributed by atoms with Crippen LogP contribution in [0.1, 0.15) is 46.6 Å². The van der Waals surface area contributed by atoms with Crippen LogP contribution in [0.5, 0.6) is 5.75 Å². The molecule has 6 heteroatoms. The number of ether oxygens (including phenoxy) is 1. The maximum absolute atomic E-state index is 12.6. The topological polar surface area (TPSA) is 81.4 Å². The van der Waals surface area contributed by atoms with Crippen molar-refractivity contribution < 1.29 is 14.3 Å². The highest BCUT2D eigenvalue weighted by Crippen LogP contribution is 2.39. The van der Waals surface area contributed by atoms with Gasteiger partial charge in [-0.3, -0.25) is 9.59 Å². The molecule has 5 nitrogen and oxygen atoms in total. The molecule has 2 atom stereocenters. The van der Waals surface area contributed by atoms with Crippen LogP contribution in [-0.4, -0.2) is 17.9 Å². The number of nitrogens with two attached hydrogens (primary N) is 1. The summed E-state index contributed by atoms with van der Waals surface area (Å²) >= 11 is 1.46. The van der Waals surface area contributed by atoms with Gasteiger partial charge in [0, 0.05) is 4.88 Å². The normalized spacial score (nSPS) is 17.3. The summed E-state index contributed by atoms with van der Waals surface area (Å²) < 4.78 is 5.73. The lowest BCUT2D eigenvalue weighted by molar-refractivity contribution is -0.122. The average Bonchev–Trinajstić information content (AvgIpc) is 2.91. The second kappa shape index (κ2) is 7.50. The van der Waals surface area contributed by atoms with Crippen molar-refractivity contribution in [1.82, 2.24) is 0 Å². The van der Waals surface area contributed by atoms with E-state index >= 15 is 0 Å². The third kappa shape index (κ3) is 3.90. The Bertz CT molecular complexity index is 844. The van der Waals surface area contributed by atoms with E-state index in [0.717, 1.165) is 35.3 Å². The number of amides is 2. The first-order valence-electron chi connectivity index (χ1n) is 8.83. The van der Waals surface area contributed by atoms with Crippen LogP contribution < -0.4 is 15.8 Å². The molecule has 0 spiro atoms. The van der Waals surface area contributed by atoms with Crippen molar-refractivity contribution in [1.29, 1.82) is 0 Å². The number of primary amides is 1. The summed E-state index contributed by atoms with van der Waals surface area (Å²) in [5.41, 5.74) is 8.12. The van der Waals surface area contributed by atoms with Gasteiger partial charge in [0.2, 0.25) is 0 Å². The van der Waals surface area contributed by atoms with E-state index in [-0.39, 0.29) is 5.91 Å². The van der Waals surface area contributed by atoms with Crippen LogP contribution in [0.15, 0.2) is 24.3 Å². The highest BCUT2D eigenvalue weighted by atomic mass is 32.1. The molecule has 1 aliphatic carbocycles. The van der Waals surface area contributed by atoms with Crippen molar-refractivity contribution in [2.24, 2.45) is 11.7 Å². The lowest BCUT2D eigenvalue weighted by Crippen LogP contribution is -2.30. The highest BCUT2D eigenvalue weighted by Gasteiger charge is 2.28. The summed E-state index contributed by atoms with van der Waals surface area (Å²) in [7, 11) is 0. The summed E-state index contributed by atoms with van der Waals surface area (Å²) in [4.78, 5) is 25.7. The van der Waals surface area contributed by atoms with Gasteiger partial charge in [-0.25, -0.2) is 0 Å². The zero-order valence-corrected chi connectivity index (χ0v) is 16.1. The number of fused-ring (bicyclic) bond motifs is 1. The lowest BCUT2D eigenvalue weighted by atomic mass is 9.88. The Morgan fingerprint density at radius 1 is 1.38 bits per heavy atom. The Labute approximate surface area is 157 Å². The molecule has 1 aliphatic rings. The van der Waals surface area contributed by atoms with E-state index in [1.54, 1.807) is 6.92 Å². The number of hydrogen-bond acceptors (Lipinski definition) is 4. The molecule has 26 heavy (non-hydrogen) atoms. The van der Waals surface area contributed by atoms with Crippen LogP contribution in [0.4, 0.5) is 5.00 Å². The minimum absolute atomic E-state index is 0.291. The number of rotatable bonds is 5. The van der Waals surface area contributed by atoms with E-state index < -0.39 is 12.0 Å². The number of benzene rings is 1. The summed E-state index contributed by atoms with van der Waals surface area (Å²) in [6, 6.07) is 7.55. The first-order chi connectivity index (χ1) is 12.3. The van der Waals surface area contributed by atoms with Gasteiger partial charge < -0.3 is 15.8 Å². The number of carbonyl (C=O) groups is 2. The van der Waals surface area contributed by atoms with Gasteiger partial charge in [-0.05, 0) is 62.3 Å². The highest BCUT2D eigenvalue weighted by molar-refractivity contribution is 7.17. The first kappa shape index (κ1) is 18.5. The third-order valence-electron chi connectivity index (χ3n) is 4.67. The second-order valence-electron chi connectivity index (χ2n) is 6.99. The molecular weight excluding hydrogens is 348 g/mol. The standard InChI is InChI=1S/C20H24N2O3S/c1-11-5-4-6-14(9-11)25-13(3)19(24)22-20-17(18(21)23)15-8-7-12(2)10-16(15)26-20/h4-6,9,12-13H,7-8,10H2,1-3H3,(H2,21,23)(H,22,24)/t12-,13-/m1/s1. The van der Waals surface area contributed by atoms with Crippen molar-refractivity contribution in [2.45, 2.75) is 46.1 Å². The quantitative estimate of drug-likeness (QED) is 0.840. The number of hydrogen-bond donors (Lipinski definition) is 2. The van der Waals surface area contributed by atoms with Crippen molar-refractivity contribution in [3.63, 3.8) is 0 Å². The predicted octanol–water partition coefficient (Wildman–Crippen LogP) is 3.69. The molecular formula is C20H24N2O3S. The van der Waals surface area contributed by atoms with E-state index in [2.05, 4.69) is 12.2 Å². The largest absolute Gasteiger partial charge is 0.481 e. The van der Waals surface area contributed by atoms with Gasteiger partial charge in [-0.1, -0.05) is 19.1 Å². The fourth-order valence-electron chi connectivity index (χ4n) is 3.26. The summed E-state index contributed by atoms with van der Waals surface area (Å²) in [5, 5.41) is 3.40. The Hall–Kier alpha value is -2.34. The SMILES string of the molecule is Cc1cccc(O[C@H](C)C(=O)Nc2sc3c(c2C(N)=O)CC[C@@H](C)C3)c1. The molecule has 3 rings (SSSR count). The summed E-state index contributed by atoms with van der Waals surface area (Å²) in [6.45, 7) is 5.85. The molecule has 0 radical (unpaired) electrons. The molecule has 1 heterocycles. The minimum Gasteiger partial charge on any atom is -0.481 e. The molecule has 0 saturated heterocycles. The Morgan fingerprint density at radius 2 is 2.15 bits per heavy atom. The smallest absolute Gasteiger partial charge is 0.265 e. The van der Waals surface area contributed by atoms with Gasteiger partial charge in [0.1, 0.15) is 10.8 Å². The van der Waals surface area contributed by atoms with Crippen LogP contribution >= 0.6 is 11.3 Å². The maximum atomic E-state index is 12.6. The van der Waals surface area contributed by atoms with E-state index in [1.807, 2.05) is 31.2 Å². The number of anilines is 1. The molecule has 0 aliphatic heterocycles. The Balaban J connectivity index is 1.77. The summed E-state index contributed by atoms with van der Waals surface area (Å²) in [6.07, 6.45) is 2.10. The zero-order chi connectivity index (χ0) is 18.8. The maximum Gasteiger partial charge on any atom is 0.265 e. The van der Waals surface area contributed by atoms with Gasteiger partial charge >= 0.3 is 0 Å².